The first-order valence-electron chi connectivity index (χ1n) is 10.2. The lowest BCUT2D eigenvalue weighted by atomic mass is 10.2. The molecule has 4 rings (SSSR count). The number of nitrogens with zero attached hydrogens (tertiary/aromatic N) is 3. The third kappa shape index (κ3) is 5.75. The lowest BCUT2D eigenvalue weighted by molar-refractivity contribution is 0.0907. The smallest absolute Gasteiger partial charge is 0.321 e. The van der Waals surface area contributed by atoms with Crippen molar-refractivity contribution in [2.75, 3.05) is 32.0 Å². The molecular weight excluding hydrogens is 446 g/mol. The van der Waals surface area contributed by atoms with Crippen LogP contribution in [0, 0.1) is 0 Å². The number of fused-ring (bicyclic) bond motifs is 1. The molecular formula is C22H23N5O5S. The molecule has 0 saturated carbocycles. The molecule has 33 heavy (non-hydrogen) atoms. The number of anilines is 1. The van der Waals surface area contributed by atoms with Gasteiger partial charge in [0.2, 0.25) is 6.79 Å². The Labute approximate surface area is 194 Å². The lowest BCUT2D eigenvalue weighted by Gasteiger charge is -2.17. The Morgan fingerprint density at radius 2 is 2.00 bits per heavy atom. The van der Waals surface area contributed by atoms with Gasteiger partial charge in [-0.25, -0.2) is 4.79 Å². The number of rotatable bonds is 8. The fraction of sp³-hybridized carbons (Fsp3) is 0.273. The molecule has 0 saturated heterocycles. The van der Waals surface area contributed by atoms with Crippen LogP contribution in [0.3, 0.4) is 0 Å². The molecule has 2 aromatic carbocycles. The predicted molar refractivity (Wildman–Crippen MR) is 122 cm³/mol. The quantitative estimate of drug-likeness (QED) is 0.483. The van der Waals surface area contributed by atoms with Crippen molar-refractivity contribution in [2.24, 2.45) is 0 Å². The number of ether oxygens (including phenoxy) is 2. The zero-order valence-electron chi connectivity index (χ0n) is 18.2. The van der Waals surface area contributed by atoms with Crippen LogP contribution in [-0.2, 0) is 13.0 Å². The van der Waals surface area contributed by atoms with Gasteiger partial charge in [-0.3, -0.25) is 4.79 Å². The van der Waals surface area contributed by atoms with Gasteiger partial charge in [0.25, 0.3) is 0 Å². The highest BCUT2D eigenvalue weighted by Crippen LogP contribution is 2.32. The first-order valence-corrected chi connectivity index (χ1v) is 11.4. The molecule has 11 heteroatoms. The van der Waals surface area contributed by atoms with Crippen molar-refractivity contribution in [3.8, 4) is 11.5 Å². The molecule has 0 fully saturated rings. The average molecular weight is 470 g/mol. The van der Waals surface area contributed by atoms with Crippen molar-refractivity contribution in [2.45, 2.75) is 17.9 Å². The van der Waals surface area contributed by atoms with Gasteiger partial charge in [-0.2, -0.15) is 4.98 Å². The molecule has 2 heterocycles. The van der Waals surface area contributed by atoms with Crippen LogP contribution in [0.5, 0.6) is 11.5 Å². The number of hydrogen-bond donors (Lipinski definition) is 2. The summed E-state index contributed by atoms with van der Waals surface area (Å²) in [6, 6.07) is 12.8. The third-order valence-corrected chi connectivity index (χ3v) is 5.62. The normalized spacial score (nSPS) is 11.8. The molecule has 3 amide bonds. The zero-order chi connectivity index (χ0) is 23.2. The lowest BCUT2D eigenvalue weighted by Crippen LogP contribution is -2.33. The van der Waals surface area contributed by atoms with E-state index < -0.39 is 5.91 Å². The Kier molecular flexibility index (Phi) is 6.98. The summed E-state index contributed by atoms with van der Waals surface area (Å²) in [5.41, 5.74) is 1.57. The minimum atomic E-state index is -0.480. The van der Waals surface area contributed by atoms with Gasteiger partial charge in [-0.15, -0.1) is 11.8 Å². The Bertz CT molecular complexity index is 1150. The molecule has 3 aromatic rings. The summed E-state index contributed by atoms with van der Waals surface area (Å²) in [7, 11) is 1.67. The maximum atomic E-state index is 12.4. The van der Waals surface area contributed by atoms with Crippen LogP contribution >= 0.6 is 11.8 Å². The summed E-state index contributed by atoms with van der Waals surface area (Å²) in [6.07, 6.45) is 2.32. The molecule has 1 aliphatic heterocycles. The fourth-order valence-electron chi connectivity index (χ4n) is 3.05. The van der Waals surface area contributed by atoms with E-state index in [-0.39, 0.29) is 25.3 Å². The summed E-state index contributed by atoms with van der Waals surface area (Å²) in [4.78, 5) is 31.4. The number of amides is 3. The van der Waals surface area contributed by atoms with Gasteiger partial charge in [0.05, 0.1) is 0 Å². The molecule has 0 radical (unpaired) electrons. The van der Waals surface area contributed by atoms with Crippen LogP contribution in [-0.4, -0.2) is 53.6 Å². The minimum absolute atomic E-state index is 0.133. The third-order valence-electron chi connectivity index (χ3n) is 4.89. The number of aromatic nitrogens is 2. The van der Waals surface area contributed by atoms with Crippen LogP contribution < -0.4 is 20.1 Å². The molecule has 1 aromatic heterocycles. The van der Waals surface area contributed by atoms with Gasteiger partial charge >= 0.3 is 17.8 Å². The molecule has 172 valence electrons. The number of likely N-dealkylation sites (N-methyl/N-ethyl adjacent to an activating group) is 1. The number of urea groups is 1. The molecule has 0 spiro atoms. The standard InChI is InChI=1S/C22H23N5O5S/c1-27(22(29)24-15-4-3-5-16(11-15)33-2)9-8-19-25-21(32-26-19)20(28)23-12-14-6-7-17-18(10-14)31-13-30-17/h3-7,10-11H,8-9,12-13H2,1-2H3,(H,23,28)(H,24,29). The van der Waals surface area contributed by atoms with Crippen molar-refractivity contribution in [3.05, 3.63) is 59.7 Å². The van der Waals surface area contributed by atoms with Crippen molar-refractivity contribution >= 4 is 29.4 Å². The van der Waals surface area contributed by atoms with Crippen molar-refractivity contribution < 1.29 is 23.6 Å². The first-order chi connectivity index (χ1) is 16.0. The first kappa shape index (κ1) is 22.5. The average Bonchev–Trinajstić information content (AvgIpc) is 3.50. The summed E-state index contributed by atoms with van der Waals surface area (Å²) in [5, 5.41) is 9.42. The molecule has 10 nitrogen and oxygen atoms in total. The highest BCUT2D eigenvalue weighted by molar-refractivity contribution is 7.98. The Balaban J connectivity index is 1.24. The molecule has 0 bridgehead atoms. The zero-order valence-corrected chi connectivity index (χ0v) is 19.0. The van der Waals surface area contributed by atoms with Crippen molar-refractivity contribution in [3.63, 3.8) is 0 Å². The van der Waals surface area contributed by atoms with E-state index in [0.29, 0.717) is 30.3 Å². The van der Waals surface area contributed by atoms with E-state index in [2.05, 4.69) is 20.8 Å². The van der Waals surface area contributed by atoms with E-state index in [9.17, 15) is 9.59 Å². The van der Waals surface area contributed by atoms with Gasteiger partial charge < -0.3 is 29.5 Å². The number of carbonyl (C=O) groups excluding carboxylic acids is 2. The minimum Gasteiger partial charge on any atom is -0.454 e. The van der Waals surface area contributed by atoms with E-state index in [4.69, 9.17) is 14.0 Å². The van der Waals surface area contributed by atoms with E-state index >= 15 is 0 Å². The van der Waals surface area contributed by atoms with Crippen LogP contribution in [0.4, 0.5) is 10.5 Å². The second kappa shape index (κ2) is 10.3. The molecule has 0 aliphatic carbocycles. The number of benzene rings is 2. The largest absolute Gasteiger partial charge is 0.454 e. The Hall–Kier alpha value is -3.73. The second-order valence-electron chi connectivity index (χ2n) is 7.22. The van der Waals surface area contributed by atoms with Crippen molar-refractivity contribution in [1.82, 2.24) is 20.4 Å². The number of carbonyl (C=O) groups is 2. The molecule has 0 unspecified atom stereocenters. The Morgan fingerprint density at radius 1 is 1.15 bits per heavy atom. The van der Waals surface area contributed by atoms with E-state index in [0.717, 1.165) is 16.1 Å². The van der Waals surface area contributed by atoms with Gasteiger partial charge in [0.15, 0.2) is 17.3 Å². The van der Waals surface area contributed by atoms with E-state index in [1.54, 1.807) is 30.9 Å². The van der Waals surface area contributed by atoms with E-state index in [1.165, 1.54) is 4.90 Å². The second-order valence-corrected chi connectivity index (χ2v) is 8.10. The molecule has 1 aliphatic rings. The Morgan fingerprint density at radius 3 is 2.85 bits per heavy atom. The molecule has 0 atom stereocenters. The van der Waals surface area contributed by atoms with Crippen LogP contribution in [0.25, 0.3) is 0 Å². The van der Waals surface area contributed by atoms with Crippen molar-refractivity contribution in [1.29, 1.82) is 0 Å². The maximum absolute atomic E-state index is 12.4. The highest BCUT2D eigenvalue weighted by atomic mass is 32.2. The van der Waals surface area contributed by atoms with Gasteiger partial charge in [-0.05, 0) is 42.2 Å². The summed E-state index contributed by atoms with van der Waals surface area (Å²) >= 11 is 1.60. The topological polar surface area (TPSA) is 119 Å². The van der Waals surface area contributed by atoms with Gasteiger partial charge in [-0.1, -0.05) is 17.3 Å². The monoisotopic (exact) mass is 469 g/mol. The maximum Gasteiger partial charge on any atom is 0.321 e. The number of thioether (sulfide) groups is 1. The predicted octanol–water partition coefficient (Wildman–Crippen LogP) is 3.16. The fourth-order valence-corrected chi connectivity index (χ4v) is 3.51. The van der Waals surface area contributed by atoms with Crippen LogP contribution in [0.15, 0.2) is 51.9 Å². The summed E-state index contributed by atoms with van der Waals surface area (Å²) < 4.78 is 15.7. The summed E-state index contributed by atoms with van der Waals surface area (Å²) in [6.45, 7) is 0.817. The van der Waals surface area contributed by atoms with Crippen LogP contribution in [0.2, 0.25) is 0 Å². The van der Waals surface area contributed by atoms with Gasteiger partial charge in [0, 0.05) is 37.1 Å². The highest BCUT2D eigenvalue weighted by Gasteiger charge is 2.18. The number of hydrogen-bond acceptors (Lipinski definition) is 8. The number of nitrogens with one attached hydrogen (secondary N) is 2. The SMILES string of the molecule is CSc1cccc(NC(=O)N(C)CCc2noc(C(=O)NCc3ccc4c(c3)OCO4)n2)c1. The van der Waals surface area contributed by atoms with Crippen LogP contribution in [0.1, 0.15) is 22.1 Å². The summed E-state index contributed by atoms with van der Waals surface area (Å²) in [5.74, 6) is 1.05. The van der Waals surface area contributed by atoms with E-state index in [1.807, 2.05) is 36.6 Å². The molecule has 2 N–H and O–H groups in total. The van der Waals surface area contributed by atoms with Gasteiger partial charge in [0.1, 0.15) is 0 Å².